The Bertz CT molecular complexity index is 969. The lowest BCUT2D eigenvalue weighted by atomic mass is 10.1. The van der Waals surface area contributed by atoms with Gasteiger partial charge in [-0.15, -0.1) is 0 Å². The topological polar surface area (TPSA) is 114 Å². The fourth-order valence-electron chi connectivity index (χ4n) is 3.23. The molecular weight excluding hydrogens is 350 g/mol. The summed E-state index contributed by atoms with van der Waals surface area (Å²) in [5.74, 6) is -0.267. The van der Waals surface area contributed by atoms with Gasteiger partial charge < -0.3 is 15.7 Å². The van der Waals surface area contributed by atoms with Gasteiger partial charge in [-0.25, -0.2) is 4.79 Å². The van der Waals surface area contributed by atoms with E-state index in [1.165, 1.54) is 14.1 Å². The quantitative estimate of drug-likeness (QED) is 0.687. The third kappa shape index (κ3) is 3.59. The minimum absolute atomic E-state index is 0.0705. The van der Waals surface area contributed by atoms with Crippen LogP contribution in [0.2, 0.25) is 0 Å². The summed E-state index contributed by atoms with van der Waals surface area (Å²) in [6.07, 6.45) is 0. The summed E-state index contributed by atoms with van der Waals surface area (Å²) in [6, 6.07) is 6.99. The minimum atomic E-state index is -0.664. The number of phenolic OH excluding ortho intramolecular Hbond substituents is 1. The molecule has 9 heteroatoms. The number of nitrogens with zero attached hydrogens (tertiary/aromatic N) is 4. The summed E-state index contributed by atoms with van der Waals surface area (Å²) >= 11 is 0. The van der Waals surface area contributed by atoms with E-state index in [2.05, 4.69) is 4.90 Å². The van der Waals surface area contributed by atoms with E-state index < -0.39 is 11.2 Å². The van der Waals surface area contributed by atoms with Gasteiger partial charge in [-0.3, -0.25) is 23.6 Å². The molecule has 1 aliphatic rings. The smallest absolute Gasteiger partial charge is 0.332 e. The van der Waals surface area contributed by atoms with Gasteiger partial charge in [-0.2, -0.15) is 0 Å². The molecule has 3 rings (SSSR count). The second-order valence-electron chi connectivity index (χ2n) is 6.67. The number of aromatic nitrogens is 2. The lowest BCUT2D eigenvalue weighted by molar-refractivity contribution is 0.0924. The SMILES string of the molecule is Cn1c(N)c(C(=O)CN2CCN(c3ccc(O)cc3)CC2)c(=O)n(C)c1=O. The van der Waals surface area contributed by atoms with Gasteiger partial charge in [0.05, 0.1) is 6.54 Å². The van der Waals surface area contributed by atoms with Crippen LogP contribution in [0, 0.1) is 0 Å². The highest BCUT2D eigenvalue weighted by Crippen LogP contribution is 2.20. The van der Waals surface area contributed by atoms with E-state index in [4.69, 9.17) is 5.73 Å². The first-order chi connectivity index (χ1) is 12.8. The molecule has 0 atom stereocenters. The standard InChI is InChI=1S/C18H23N5O4/c1-20-16(19)15(17(26)21(2)18(20)27)14(25)11-22-7-9-23(10-8-22)12-3-5-13(24)6-4-12/h3-6,24H,7-11,19H2,1-2H3. The van der Waals surface area contributed by atoms with Gasteiger partial charge in [-0.05, 0) is 24.3 Å². The van der Waals surface area contributed by atoms with Crippen LogP contribution in [0.5, 0.6) is 5.75 Å². The Morgan fingerprint density at radius 1 is 1.04 bits per heavy atom. The van der Waals surface area contributed by atoms with Gasteiger partial charge in [-0.1, -0.05) is 0 Å². The molecule has 27 heavy (non-hydrogen) atoms. The highest BCUT2D eigenvalue weighted by molar-refractivity contribution is 6.01. The number of rotatable bonds is 4. The Morgan fingerprint density at radius 3 is 2.22 bits per heavy atom. The Kier molecular flexibility index (Phi) is 5.04. The molecule has 1 aromatic heterocycles. The Labute approximate surface area is 155 Å². The largest absolute Gasteiger partial charge is 0.508 e. The van der Waals surface area contributed by atoms with Crippen molar-refractivity contribution in [3.8, 4) is 5.75 Å². The van der Waals surface area contributed by atoms with Crippen LogP contribution >= 0.6 is 0 Å². The van der Waals surface area contributed by atoms with Crippen molar-refractivity contribution in [2.45, 2.75) is 0 Å². The van der Waals surface area contributed by atoms with Crippen molar-refractivity contribution in [2.24, 2.45) is 14.1 Å². The van der Waals surface area contributed by atoms with E-state index >= 15 is 0 Å². The number of piperazine rings is 1. The molecule has 3 N–H and O–H groups in total. The van der Waals surface area contributed by atoms with E-state index in [1.807, 2.05) is 17.0 Å². The third-order valence-electron chi connectivity index (χ3n) is 4.94. The van der Waals surface area contributed by atoms with Crippen molar-refractivity contribution in [1.29, 1.82) is 0 Å². The number of carbonyl (C=O) groups excluding carboxylic acids is 1. The molecule has 0 saturated carbocycles. The van der Waals surface area contributed by atoms with E-state index in [1.54, 1.807) is 12.1 Å². The molecule has 1 aromatic carbocycles. The van der Waals surface area contributed by atoms with Crippen LogP contribution in [0.4, 0.5) is 11.5 Å². The fourth-order valence-corrected chi connectivity index (χ4v) is 3.23. The van der Waals surface area contributed by atoms with Crippen LogP contribution in [0.15, 0.2) is 33.9 Å². The number of phenols is 1. The van der Waals surface area contributed by atoms with E-state index in [0.29, 0.717) is 13.1 Å². The predicted octanol–water partition coefficient (Wildman–Crippen LogP) is -0.623. The van der Waals surface area contributed by atoms with Gasteiger partial charge in [0.1, 0.15) is 17.1 Å². The van der Waals surface area contributed by atoms with Gasteiger partial charge >= 0.3 is 5.69 Å². The number of hydrogen-bond donors (Lipinski definition) is 2. The summed E-state index contributed by atoms with van der Waals surface area (Å²) in [5, 5.41) is 9.38. The van der Waals surface area contributed by atoms with Crippen LogP contribution in [0.3, 0.4) is 0 Å². The molecule has 2 aromatic rings. The summed E-state index contributed by atoms with van der Waals surface area (Å²) in [7, 11) is 2.77. The van der Waals surface area contributed by atoms with E-state index in [9.17, 15) is 19.5 Å². The number of anilines is 2. The molecule has 0 amide bonds. The lowest BCUT2D eigenvalue weighted by Gasteiger charge is -2.35. The average molecular weight is 373 g/mol. The number of ketones is 1. The number of hydrogen-bond acceptors (Lipinski definition) is 7. The molecule has 0 radical (unpaired) electrons. The maximum Gasteiger partial charge on any atom is 0.332 e. The average Bonchev–Trinajstić information content (AvgIpc) is 2.66. The predicted molar refractivity (Wildman–Crippen MR) is 102 cm³/mol. The zero-order valence-electron chi connectivity index (χ0n) is 15.4. The Hall–Kier alpha value is -3.07. The van der Waals surface area contributed by atoms with Crippen LogP contribution in [-0.4, -0.2) is 57.6 Å². The fraction of sp³-hybridized carbons (Fsp3) is 0.389. The number of Topliss-reactive ketones (excluding diaryl/α,β-unsaturated/α-hetero) is 1. The number of benzene rings is 1. The Morgan fingerprint density at radius 2 is 1.63 bits per heavy atom. The lowest BCUT2D eigenvalue weighted by Crippen LogP contribution is -2.49. The molecule has 0 spiro atoms. The third-order valence-corrected chi connectivity index (χ3v) is 4.94. The van der Waals surface area contributed by atoms with Gasteiger partial charge in [0, 0.05) is 46.0 Å². The first kappa shape index (κ1) is 18.7. The zero-order valence-corrected chi connectivity index (χ0v) is 15.4. The van der Waals surface area contributed by atoms with Crippen LogP contribution in [0.25, 0.3) is 0 Å². The van der Waals surface area contributed by atoms with Crippen molar-refractivity contribution in [3.63, 3.8) is 0 Å². The van der Waals surface area contributed by atoms with Crippen LogP contribution in [0.1, 0.15) is 10.4 Å². The van der Waals surface area contributed by atoms with Gasteiger partial charge in [0.25, 0.3) is 5.56 Å². The summed E-state index contributed by atoms with van der Waals surface area (Å²) < 4.78 is 2.00. The molecule has 1 saturated heterocycles. The number of carbonyl (C=O) groups is 1. The second-order valence-corrected chi connectivity index (χ2v) is 6.67. The second kappa shape index (κ2) is 7.28. The normalized spacial score (nSPS) is 15.1. The number of aromatic hydroxyl groups is 1. The van der Waals surface area contributed by atoms with Crippen molar-refractivity contribution in [3.05, 3.63) is 50.7 Å². The first-order valence-electron chi connectivity index (χ1n) is 8.64. The molecule has 1 fully saturated rings. The van der Waals surface area contributed by atoms with Gasteiger partial charge in [0.15, 0.2) is 5.78 Å². The highest BCUT2D eigenvalue weighted by Gasteiger charge is 2.24. The molecule has 0 aliphatic carbocycles. The molecule has 144 valence electrons. The van der Waals surface area contributed by atoms with Gasteiger partial charge in [0.2, 0.25) is 0 Å². The van der Waals surface area contributed by atoms with Crippen LogP contribution < -0.4 is 21.9 Å². The molecule has 9 nitrogen and oxygen atoms in total. The van der Waals surface area contributed by atoms with Crippen molar-refractivity contribution in [2.75, 3.05) is 43.4 Å². The van der Waals surface area contributed by atoms with Crippen molar-refractivity contribution < 1.29 is 9.90 Å². The van der Waals surface area contributed by atoms with Crippen molar-refractivity contribution >= 4 is 17.3 Å². The van der Waals surface area contributed by atoms with E-state index in [-0.39, 0.29) is 29.5 Å². The molecular formula is C18H23N5O4. The number of nitrogens with two attached hydrogens (primary N) is 1. The molecule has 2 heterocycles. The maximum atomic E-state index is 12.7. The summed E-state index contributed by atoms with van der Waals surface area (Å²) in [4.78, 5) is 41.0. The molecule has 1 aliphatic heterocycles. The zero-order chi connectivity index (χ0) is 19.7. The molecule has 0 bridgehead atoms. The minimum Gasteiger partial charge on any atom is -0.508 e. The maximum absolute atomic E-state index is 12.7. The highest BCUT2D eigenvalue weighted by atomic mass is 16.3. The van der Waals surface area contributed by atoms with Crippen LogP contribution in [-0.2, 0) is 14.1 Å². The van der Waals surface area contributed by atoms with E-state index in [0.717, 1.165) is 27.9 Å². The Balaban J connectivity index is 1.69. The summed E-state index contributed by atoms with van der Waals surface area (Å²) in [6.45, 7) is 2.82. The monoisotopic (exact) mass is 373 g/mol. The number of nitrogen functional groups attached to an aromatic ring is 1. The first-order valence-corrected chi connectivity index (χ1v) is 8.64. The summed E-state index contributed by atoms with van der Waals surface area (Å²) in [5.41, 5.74) is 5.50. The van der Waals surface area contributed by atoms with Crippen molar-refractivity contribution in [1.82, 2.24) is 14.0 Å². The molecule has 0 unspecified atom stereocenters.